The number of unbranched alkanes of at least 4 members (excludes halogenated alkanes) is 9. The van der Waals surface area contributed by atoms with Gasteiger partial charge in [-0.1, -0.05) is 71.6 Å². The zero-order valence-electron chi connectivity index (χ0n) is 16.3. The average Bonchev–Trinajstić information content (AvgIpc) is 2.39. The van der Waals surface area contributed by atoms with Gasteiger partial charge >= 0.3 is 0 Å². The lowest BCUT2D eigenvalue weighted by molar-refractivity contribution is -0.870. The molecule has 0 heterocycles. The van der Waals surface area contributed by atoms with Gasteiger partial charge in [0.1, 0.15) is 0 Å². The number of hydrogen-bond donors (Lipinski definition) is 1. The quantitative estimate of drug-likeness (QED) is 0.291. The summed E-state index contributed by atoms with van der Waals surface area (Å²) < 4.78 is 30.5. The molecule has 0 aliphatic carbocycles. The first kappa shape index (κ1) is 25.1. The molecule has 0 unspecified atom stereocenters. The summed E-state index contributed by atoms with van der Waals surface area (Å²) in [7, 11) is 2.90. The zero-order chi connectivity index (χ0) is 18.2. The molecule has 0 bridgehead atoms. The molecule has 1 N–H and O–H groups in total. The lowest BCUT2D eigenvalue weighted by atomic mass is 10.1. The van der Waals surface area contributed by atoms with Crippen LogP contribution in [0.5, 0.6) is 0 Å². The Morgan fingerprint density at radius 1 is 0.696 bits per heavy atom. The van der Waals surface area contributed by atoms with E-state index in [-0.39, 0.29) is 5.75 Å². The molecule has 5 heteroatoms. The number of hydrogen-bond acceptors (Lipinski definition) is 2. The zero-order valence-corrected chi connectivity index (χ0v) is 17.1. The van der Waals surface area contributed by atoms with E-state index in [1.54, 1.807) is 0 Å². The summed E-state index contributed by atoms with van der Waals surface area (Å²) in [5.41, 5.74) is 0. The van der Waals surface area contributed by atoms with E-state index >= 15 is 0 Å². The van der Waals surface area contributed by atoms with E-state index in [1.165, 1.54) is 57.9 Å². The summed E-state index contributed by atoms with van der Waals surface area (Å²) in [5, 5.41) is 0. The molecule has 0 aromatic rings. The van der Waals surface area contributed by atoms with Crippen LogP contribution in [0, 0.1) is 0 Å². The molecule has 0 aromatic heterocycles. The van der Waals surface area contributed by atoms with Gasteiger partial charge in [-0.05, 0) is 12.8 Å². The Hall–Kier alpha value is -0.130. The summed E-state index contributed by atoms with van der Waals surface area (Å²) in [6, 6.07) is 0. The molecule has 0 atom stereocenters. The first-order chi connectivity index (χ1) is 10.6. The summed E-state index contributed by atoms with van der Waals surface area (Å²) >= 11 is 0. The molecule has 0 radical (unpaired) electrons. The molecule has 142 valence electrons. The Labute approximate surface area is 146 Å². The van der Waals surface area contributed by atoms with Crippen LogP contribution in [0.1, 0.15) is 84.5 Å². The van der Waals surface area contributed by atoms with Crippen LogP contribution in [0.25, 0.3) is 0 Å². The lowest BCUT2D eigenvalue weighted by Gasteiger charge is -2.22. The molecule has 0 amide bonds. The van der Waals surface area contributed by atoms with Gasteiger partial charge in [-0.2, -0.15) is 8.42 Å². The fourth-order valence-electron chi connectivity index (χ4n) is 2.44. The van der Waals surface area contributed by atoms with Crippen LogP contribution >= 0.6 is 0 Å². The number of nitrogens with zero attached hydrogens (tertiary/aromatic N) is 1. The minimum atomic E-state index is -3.73. The average molecular weight is 353 g/mol. The second kappa shape index (κ2) is 15.4. The van der Waals surface area contributed by atoms with E-state index in [0.29, 0.717) is 6.42 Å². The third-order valence-electron chi connectivity index (χ3n) is 3.65. The third-order valence-corrected chi connectivity index (χ3v) is 4.45. The highest BCUT2D eigenvalue weighted by Gasteiger charge is 2.02. The maximum atomic E-state index is 10.4. The van der Waals surface area contributed by atoms with Crippen molar-refractivity contribution in [1.82, 2.24) is 0 Å². The molecule has 0 fully saturated rings. The molecule has 0 rings (SSSR count). The van der Waals surface area contributed by atoms with Crippen molar-refractivity contribution in [3.63, 3.8) is 0 Å². The van der Waals surface area contributed by atoms with Crippen molar-refractivity contribution < 1.29 is 17.5 Å². The van der Waals surface area contributed by atoms with Crippen molar-refractivity contribution in [1.29, 1.82) is 0 Å². The van der Waals surface area contributed by atoms with E-state index in [4.69, 9.17) is 4.55 Å². The Morgan fingerprint density at radius 2 is 1.09 bits per heavy atom. The lowest BCUT2D eigenvalue weighted by Crippen LogP contribution is -2.34. The van der Waals surface area contributed by atoms with E-state index in [2.05, 4.69) is 35.0 Å². The van der Waals surface area contributed by atoms with Gasteiger partial charge < -0.3 is 4.48 Å². The van der Waals surface area contributed by atoms with Crippen LogP contribution in [-0.4, -0.2) is 50.9 Å². The monoisotopic (exact) mass is 352 g/mol. The van der Waals surface area contributed by atoms with Crippen LogP contribution in [0.4, 0.5) is 0 Å². The standard InChI is InChI=1S/C12H26O3S.C6H16N/c1-2-3-4-5-6-7-8-9-10-11-12-16(13,14)15;1-5-6-7(2,3)4/h2-12H2,1H3,(H,13,14,15);5-6H2,1-4H3/q;+1. The predicted molar refractivity (Wildman–Crippen MR) is 101 cm³/mol. The van der Waals surface area contributed by atoms with Gasteiger partial charge in [-0.15, -0.1) is 0 Å². The molecule has 0 aliphatic rings. The second-order valence-electron chi connectivity index (χ2n) is 7.48. The van der Waals surface area contributed by atoms with Crippen molar-refractivity contribution in [2.45, 2.75) is 84.5 Å². The number of quaternary nitrogens is 1. The minimum Gasteiger partial charge on any atom is -0.331 e. The molecular weight excluding hydrogens is 310 g/mol. The van der Waals surface area contributed by atoms with Gasteiger partial charge in [-0.3, -0.25) is 4.55 Å². The van der Waals surface area contributed by atoms with Gasteiger partial charge in [0, 0.05) is 0 Å². The Bertz CT molecular complexity index is 335. The molecule has 0 aliphatic heterocycles. The Kier molecular flexibility index (Phi) is 16.8. The topological polar surface area (TPSA) is 54.4 Å². The van der Waals surface area contributed by atoms with Gasteiger partial charge in [0.05, 0.1) is 33.4 Å². The largest absolute Gasteiger partial charge is 0.331 e. The van der Waals surface area contributed by atoms with E-state index in [0.717, 1.165) is 17.3 Å². The van der Waals surface area contributed by atoms with Gasteiger partial charge in [-0.25, -0.2) is 0 Å². The molecule has 0 saturated heterocycles. The van der Waals surface area contributed by atoms with Crippen LogP contribution < -0.4 is 0 Å². The van der Waals surface area contributed by atoms with Crippen molar-refractivity contribution in [2.24, 2.45) is 0 Å². The summed E-state index contributed by atoms with van der Waals surface area (Å²) in [5.74, 6) is -0.0799. The van der Waals surface area contributed by atoms with Crippen molar-refractivity contribution in [3.05, 3.63) is 0 Å². The smallest absolute Gasteiger partial charge is 0.264 e. The van der Waals surface area contributed by atoms with E-state index < -0.39 is 10.1 Å². The first-order valence-electron chi connectivity index (χ1n) is 9.38. The molecule has 0 spiro atoms. The third kappa shape index (κ3) is 30.3. The highest BCUT2D eigenvalue weighted by atomic mass is 32.2. The molecule has 0 saturated carbocycles. The maximum Gasteiger partial charge on any atom is 0.264 e. The Balaban J connectivity index is 0. The van der Waals surface area contributed by atoms with Crippen molar-refractivity contribution in [3.8, 4) is 0 Å². The predicted octanol–water partition coefficient (Wildman–Crippen LogP) is 4.90. The van der Waals surface area contributed by atoms with E-state index in [1.807, 2.05) is 0 Å². The molecule has 4 nitrogen and oxygen atoms in total. The highest BCUT2D eigenvalue weighted by Crippen LogP contribution is 2.10. The number of rotatable bonds is 13. The summed E-state index contributed by atoms with van der Waals surface area (Å²) in [6.45, 7) is 5.71. The van der Waals surface area contributed by atoms with Gasteiger partial charge in [0.2, 0.25) is 0 Å². The normalized spacial score (nSPS) is 11.9. The summed E-state index contributed by atoms with van der Waals surface area (Å²) in [6.07, 6.45) is 12.9. The van der Waals surface area contributed by atoms with Crippen LogP contribution in [-0.2, 0) is 10.1 Å². The maximum absolute atomic E-state index is 10.4. The second-order valence-corrected chi connectivity index (χ2v) is 9.05. The van der Waals surface area contributed by atoms with Gasteiger partial charge in [0.15, 0.2) is 0 Å². The Morgan fingerprint density at radius 3 is 1.35 bits per heavy atom. The van der Waals surface area contributed by atoms with Crippen LogP contribution in [0.3, 0.4) is 0 Å². The molecule has 23 heavy (non-hydrogen) atoms. The molecule has 0 aromatic carbocycles. The van der Waals surface area contributed by atoms with Crippen molar-refractivity contribution >= 4 is 10.1 Å². The fourth-order valence-corrected chi connectivity index (χ4v) is 3.01. The molecular formula is C18H42NO3S+. The van der Waals surface area contributed by atoms with Crippen LogP contribution in [0.2, 0.25) is 0 Å². The first-order valence-corrected chi connectivity index (χ1v) is 11.0. The van der Waals surface area contributed by atoms with Crippen molar-refractivity contribution in [2.75, 3.05) is 33.4 Å². The summed E-state index contributed by atoms with van der Waals surface area (Å²) in [4.78, 5) is 0. The van der Waals surface area contributed by atoms with Crippen LogP contribution in [0.15, 0.2) is 0 Å². The minimum absolute atomic E-state index is 0.0799. The van der Waals surface area contributed by atoms with E-state index in [9.17, 15) is 8.42 Å². The SMILES string of the molecule is CCCCCCCCCCCCS(=O)(=O)O.CCC[N+](C)(C)C. The fraction of sp³-hybridized carbons (Fsp3) is 1.00. The van der Waals surface area contributed by atoms with Gasteiger partial charge in [0.25, 0.3) is 10.1 Å². The highest BCUT2D eigenvalue weighted by molar-refractivity contribution is 7.85.